The molecule has 0 aliphatic carbocycles. The van der Waals surface area contributed by atoms with E-state index in [4.69, 9.17) is 4.74 Å². The number of hydrogen-bond donors (Lipinski definition) is 1. The molecule has 2 rings (SSSR count). The van der Waals surface area contributed by atoms with E-state index < -0.39 is 0 Å². The van der Waals surface area contributed by atoms with E-state index in [9.17, 15) is 0 Å². The lowest BCUT2D eigenvalue weighted by atomic mass is 10.0. The van der Waals surface area contributed by atoms with Gasteiger partial charge in [0.1, 0.15) is 5.75 Å². The Bertz CT molecular complexity index is 327. The van der Waals surface area contributed by atoms with Crippen LogP contribution in [0.1, 0.15) is 11.6 Å². The number of nitrogens with one attached hydrogen (secondary N) is 1. The number of methoxy groups -OCH3 is 1. The summed E-state index contributed by atoms with van der Waals surface area (Å²) in [6, 6.07) is 8.68. The summed E-state index contributed by atoms with van der Waals surface area (Å²) in [6.45, 7) is 3.15. The fraction of sp³-hybridized carbons (Fsp3) is 0.500. The van der Waals surface area contributed by atoms with Gasteiger partial charge in [-0.25, -0.2) is 0 Å². The minimum Gasteiger partial charge on any atom is -0.496 e. The number of ether oxygens (including phenoxy) is 1. The third-order valence-electron chi connectivity index (χ3n) is 3.01. The van der Waals surface area contributed by atoms with Crippen LogP contribution in [0.3, 0.4) is 0 Å². The maximum Gasteiger partial charge on any atom is 0.123 e. The Morgan fingerprint density at radius 2 is 2.20 bits per heavy atom. The molecule has 1 aliphatic rings. The molecule has 1 heterocycles. The first-order chi connectivity index (χ1) is 7.33. The van der Waals surface area contributed by atoms with Crippen molar-refractivity contribution in [2.24, 2.45) is 0 Å². The van der Waals surface area contributed by atoms with Crippen LogP contribution in [0.5, 0.6) is 5.75 Å². The van der Waals surface area contributed by atoms with Crippen LogP contribution in [0.4, 0.5) is 0 Å². The summed E-state index contributed by atoms with van der Waals surface area (Å²) in [4.78, 5) is 2.37. The maximum atomic E-state index is 5.39. The molecule has 1 fully saturated rings. The molecule has 0 aromatic heterocycles. The number of likely N-dealkylation sites (N-methyl/N-ethyl adjacent to an activating group) is 1. The SMILES string of the molecule is COc1ccccc1C1CNCCN1C. The Morgan fingerprint density at radius 1 is 1.40 bits per heavy atom. The molecule has 3 nitrogen and oxygen atoms in total. The second-order valence-electron chi connectivity index (χ2n) is 3.94. The van der Waals surface area contributed by atoms with Crippen molar-refractivity contribution in [2.75, 3.05) is 33.8 Å². The zero-order valence-corrected chi connectivity index (χ0v) is 9.36. The molecule has 1 aliphatic heterocycles. The lowest BCUT2D eigenvalue weighted by Crippen LogP contribution is -2.43. The van der Waals surface area contributed by atoms with Gasteiger partial charge in [-0.05, 0) is 13.1 Å². The third kappa shape index (κ3) is 2.13. The first-order valence-corrected chi connectivity index (χ1v) is 5.37. The maximum absolute atomic E-state index is 5.39. The van der Waals surface area contributed by atoms with E-state index in [0.717, 1.165) is 25.4 Å². The first kappa shape index (κ1) is 10.5. The van der Waals surface area contributed by atoms with Crippen LogP contribution in [-0.2, 0) is 0 Å². The molecule has 0 saturated carbocycles. The van der Waals surface area contributed by atoms with Crippen LogP contribution >= 0.6 is 0 Å². The van der Waals surface area contributed by atoms with Crippen LogP contribution in [0.15, 0.2) is 24.3 Å². The molecule has 0 spiro atoms. The van der Waals surface area contributed by atoms with Gasteiger partial charge in [0, 0.05) is 25.2 Å². The minimum atomic E-state index is 0.426. The molecule has 15 heavy (non-hydrogen) atoms. The van der Waals surface area contributed by atoms with E-state index in [0.29, 0.717) is 6.04 Å². The van der Waals surface area contributed by atoms with Crippen LogP contribution in [0, 0.1) is 0 Å². The standard InChI is InChI=1S/C12H18N2O/c1-14-8-7-13-9-11(14)10-5-3-4-6-12(10)15-2/h3-6,11,13H,7-9H2,1-2H3. The number of piperazine rings is 1. The largest absolute Gasteiger partial charge is 0.496 e. The van der Waals surface area contributed by atoms with E-state index in [1.54, 1.807) is 7.11 Å². The molecular weight excluding hydrogens is 188 g/mol. The zero-order valence-electron chi connectivity index (χ0n) is 9.36. The Hall–Kier alpha value is -1.06. The Kier molecular flexibility index (Phi) is 3.23. The Balaban J connectivity index is 2.26. The van der Waals surface area contributed by atoms with Crippen molar-refractivity contribution in [1.29, 1.82) is 0 Å². The highest BCUT2D eigenvalue weighted by atomic mass is 16.5. The average Bonchev–Trinajstić information content (AvgIpc) is 2.30. The third-order valence-corrected chi connectivity index (χ3v) is 3.01. The molecule has 0 bridgehead atoms. The number of benzene rings is 1. The fourth-order valence-electron chi connectivity index (χ4n) is 2.09. The van der Waals surface area contributed by atoms with Crippen molar-refractivity contribution < 1.29 is 4.74 Å². The van der Waals surface area contributed by atoms with Crippen molar-refractivity contribution in [2.45, 2.75) is 6.04 Å². The van der Waals surface area contributed by atoms with E-state index in [-0.39, 0.29) is 0 Å². The van der Waals surface area contributed by atoms with Gasteiger partial charge < -0.3 is 10.1 Å². The molecule has 0 radical (unpaired) electrons. The van der Waals surface area contributed by atoms with E-state index >= 15 is 0 Å². The van der Waals surface area contributed by atoms with Crippen LogP contribution in [0.2, 0.25) is 0 Å². The van der Waals surface area contributed by atoms with Gasteiger partial charge in [0.15, 0.2) is 0 Å². The first-order valence-electron chi connectivity index (χ1n) is 5.37. The molecule has 82 valence electrons. The van der Waals surface area contributed by atoms with Gasteiger partial charge in [-0.15, -0.1) is 0 Å². The van der Waals surface area contributed by atoms with Crippen molar-refractivity contribution in [3.8, 4) is 5.75 Å². The van der Waals surface area contributed by atoms with Gasteiger partial charge in [-0.3, -0.25) is 4.90 Å². The summed E-state index contributed by atoms with van der Waals surface area (Å²) < 4.78 is 5.39. The minimum absolute atomic E-state index is 0.426. The van der Waals surface area contributed by atoms with Gasteiger partial charge in [-0.2, -0.15) is 0 Å². The second-order valence-corrected chi connectivity index (χ2v) is 3.94. The Labute approximate surface area is 91.0 Å². The van der Waals surface area contributed by atoms with Gasteiger partial charge in [-0.1, -0.05) is 18.2 Å². The molecule has 1 N–H and O–H groups in total. The summed E-state index contributed by atoms with van der Waals surface area (Å²) in [6.07, 6.45) is 0. The van der Waals surface area contributed by atoms with E-state index in [2.05, 4.69) is 29.4 Å². The Morgan fingerprint density at radius 3 is 2.93 bits per heavy atom. The van der Waals surface area contributed by atoms with Gasteiger partial charge in [0.25, 0.3) is 0 Å². The number of hydrogen-bond acceptors (Lipinski definition) is 3. The normalized spacial score (nSPS) is 22.7. The van der Waals surface area contributed by atoms with Crippen molar-refractivity contribution in [3.05, 3.63) is 29.8 Å². The summed E-state index contributed by atoms with van der Waals surface area (Å²) in [5, 5.41) is 3.42. The van der Waals surface area contributed by atoms with Crippen LogP contribution in [-0.4, -0.2) is 38.7 Å². The number of nitrogens with zero attached hydrogens (tertiary/aromatic N) is 1. The summed E-state index contributed by atoms with van der Waals surface area (Å²) >= 11 is 0. The molecule has 3 heteroatoms. The zero-order chi connectivity index (χ0) is 10.7. The van der Waals surface area contributed by atoms with Crippen LogP contribution < -0.4 is 10.1 Å². The van der Waals surface area contributed by atoms with Crippen molar-refractivity contribution in [3.63, 3.8) is 0 Å². The molecule has 1 unspecified atom stereocenters. The fourth-order valence-corrected chi connectivity index (χ4v) is 2.09. The second kappa shape index (κ2) is 4.64. The topological polar surface area (TPSA) is 24.5 Å². The van der Waals surface area contributed by atoms with Gasteiger partial charge in [0.2, 0.25) is 0 Å². The molecule has 1 atom stereocenters. The number of rotatable bonds is 2. The van der Waals surface area contributed by atoms with Gasteiger partial charge >= 0.3 is 0 Å². The molecule has 1 saturated heterocycles. The highest BCUT2D eigenvalue weighted by Crippen LogP contribution is 2.28. The lowest BCUT2D eigenvalue weighted by Gasteiger charge is -2.34. The van der Waals surface area contributed by atoms with Gasteiger partial charge in [0.05, 0.1) is 13.2 Å². The van der Waals surface area contributed by atoms with E-state index in [1.165, 1.54) is 5.56 Å². The van der Waals surface area contributed by atoms with Crippen molar-refractivity contribution in [1.82, 2.24) is 10.2 Å². The predicted molar refractivity (Wildman–Crippen MR) is 61.2 cm³/mol. The monoisotopic (exact) mass is 206 g/mol. The summed E-state index contributed by atoms with van der Waals surface area (Å²) in [5.74, 6) is 0.984. The molecule has 1 aromatic carbocycles. The predicted octanol–water partition coefficient (Wildman–Crippen LogP) is 1.27. The van der Waals surface area contributed by atoms with E-state index in [1.807, 2.05) is 12.1 Å². The summed E-state index contributed by atoms with van der Waals surface area (Å²) in [5.41, 5.74) is 1.27. The quantitative estimate of drug-likeness (QED) is 0.788. The van der Waals surface area contributed by atoms with Crippen LogP contribution in [0.25, 0.3) is 0 Å². The average molecular weight is 206 g/mol. The molecule has 1 aromatic rings. The number of para-hydroxylation sites is 1. The summed E-state index contributed by atoms with van der Waals surface area (Å²) in [7, 11) is 3.90. The van der Waals surface area contributed by atoms with Crippen molar-refractivity contribution >= 4 is 0 Å². The highest BCUT2D eigenvalue weighted by Gasteiger charge is 2.22. The highest BCUT2D eigenvalue weighted by molar-refractivity contribution is 5.36. The molecular formula is C12H18N2O. The lowest BCUT2D eigenvalue weighted by molar-refractivity contribution is 0.198. The molecule has 0 amide bonds. The smallest absolute Gasteiger partial charge is 0.123 e.